The number of aromatic nitrogens is 1. The molecule has 8 heteroatoms. The Kier molecular flexibility index (Phi) is 5.34. The van der Waals surface area contributed by atoms with Gasteiger partial charge in [-0.25, -0.2) is 13.4 Å². The predicted octanol–water partition coefficient (Wildman–Crippen LogP) is 3.64. The molecule has 2 aromatic carbocycles. The Morgan fingerprint density at radius 1 is 1.11 bits per heavy atom. The standard InChI is InChI=1S/C19H17ClN2O4S/c1-12-18(13-3-7-15(20)8-4-13)26-17(22-12)11-21-19(23)14-5-9-16(10-6-14)27(2,24)25/h3-10H,11H2,1-2H3,(H,21,23). The lowest BCUT2D eigenvalue weighted by molar-refractivity contribution is 0.0947. The molecular weight excluding hydrogens is 388 g/mol. The summed E-state index contributed by atoms with van der Waals surface area (Å²) in [6, 6.07) is 12.9. The number of rotatable bonds is 5. The number of benzene rings is 2. The Hall–Kier alpha value is -2.64. The molecular formula is C19H17ClN2O4S. The third-order valence-electron chi connectivity index (χ3n) is 3.89. The summed E-state index contributed by atoms with van der Waals surface area (Å²) in [5.74, 6) is 0.644. The minimum atomic E-state index is -3.30. The molecule has 0 aliphatic carbocycles. The average molecular weight is 405 g/mol. The maximum absolute atomic E-state index is 12.2. The van der Waals surface area contributed by atoms with Gasteiger partial charge in [0, 0.05) is 22.4 Å². The molecule has 0 bridgehead atoms. The van der Waals surface area contributed by atoms with Gasteiger partial charge in [-0.2, -0.15) is 0 Å². The van der Waals surface area contributed by atoms with Crippen molar-refractivity contribution in [3.8, 4) is 11.3 Å². The van der Waals surface area contributed by atoms with E-state index in [1.165, 1.54) is 24.3 Å². The van der Waals surface area contributed by atoms with Gasteiger partial charge in [0.05, 0.1) is 17.1 Å². The highest BCUT2D eigenvalue weighted by Crippen LogP contribution is 2.25. The zero-order valence-electron chi connectivity index (χ0n) is 14.7. The van der Waals surface area contributed by atoms with E-state index in [1.807, 2.05) is 19.1 Å². The van der Waals surface area contributed by atoms with E-state index in [1.54, 1.807) is 12.1 Å². The first-order valence-electron chi connectivity index (χ1n) is 8.04. The number of carbonyl (C=O) groups is 1. The van der Waals surface area contributed by atoms with Gasteiger partial charge in [0.25, 0.3) is 5.91 Å². The quantitative estimate of drug-likeness (QED) is 0.701. The van der Waals surface area contributed by atoms with Gasteiger partial charge in [-0.05, 0) is 55.5 Å². The van der Waals surface area contributed by atoms with Crippen LogP contribution in [0.3, 0.4) is 0 Å². The van der Waals surface area contributed by atoms with Crippen LogP contribution in [0.25, 0.3) is 11.3 Å². The van der Waals surface area contributed by atoms with Crippen molar-refractivity contribution in [1.29, 1.82) is 0 Å². The highest BCUT2D eigenvalue weighted by molar-refractivity contribution is 7.90. The summed E-state index contributed by atoms with van der Waals surface area (Å²) in [5.41, 5.74) is 1.90. The van der Waals surface area contributed by atoms with Gasteiger partial charge in [0.1, 0.15) is 0 Å². The Bertz CT molecular complexity index is 1070. The van der Waals surface area contributed by atoms with Crippen LogP contribution in [0.2, 0.25) is 5.02 Å². The molecule has 3 rings (SSSR count). The predicted molar refractivity (Wildman–Crippen MR) is 102 cm³/mol. The summed E-state index contributed by atoms with van der Waals surface area (Å²) in [6.45, 7) is 1.93. The van der Waals surface area contributed by atoms with E-state index in [0.717, 1.165) is 11.8 Å². The molecule has 0 aliphatic heterocycles. The second-order valence-electron chi connectivity index (χ2n) is 6.01. The SMILES string of the molecule is Cc1nc(CNC(=O)c2ccc(S(C)(=O)=O)cc2)oc1-c1ccc(Cl)cc1. The van der Waals surface area contributed by atoms with Gasteiger partial charge < -0.3 is 9.73 Å². The number of carbonyl (C=O) groups excluding carboxylic acids is 1. The molecule has 1 aromatic heterocycles. The van der Waals surface area contributed by atoms with Crippen LogP contribution in [-0.2, 0) is 16.4 Å². The summed E-state index contributed by atoms with van der Waals surface area (Å²) >= 11 is 5.89. The van der Waals surface area contributed by atoms with E-state index >= 15 is 0 Å². The van der Waals surface area contributed by atoms with Crippen LogP contribution in [0, 0.1) is 6.92 Å². The third-order valence-corrected chi connectivity index (χ3v) is 5.27. The number of hydrogen-bond donors (Lipinski definition) is 1. The fourth-order valence-corrected chi connectivity index (χ4v) is 3.26. The number of nitrogens with one attached hydrogen (secondary N) is 1. The molecule has 3 aromatic rings. The summed E-state index contributed by atoms with van der Waals surface area (Å²) in [7, 11) is -3.30. The minimum absolute atomic E-state index is 0.112. The molecule has 1 N–H and O–H groups in total. The molecule has 0 unspecified atom stereocenters. The lowest BCUT2D eigenvalue weighted by atomic mass is 10.1. The first-order valence-corrected chi connectivity index (χ1v) is 10.3. The molecule has 0 radical (unpaired) electrons. The number of oxazole rings is 1. The Labute approximate surface area is 162 Å². The molecule has 0 atom stereocenters. The molecule has 0 fully saturated rings. The van der Waals surface area contributed by atoms with E-state index < -0.39 is 9.84 Å². The Morgan fingerprint density at radius 2 is 1.74 bits per heavy atom. The van der Waals surface area contributed by atoms with E-state index in [4.69, 9.17) is 16.0 Å². The van der Waals surface area contributed by atoms with E-state index in [-0.39, 0.29) is 17.3 Å². The highest BCUT2D eigenvalue weighted by atomic mass is 35.5. The summed E-state index contributed by atoms with van der Waals surface area (Å²) in [5, 5.41) is 3.34. The molecule has 27 heavy (non-hydrogen) atoms. The van der Waals surface area contributed by atoms with Crippen molar-refractivity contribution in [3.63, 3.8) is 0 Å². The molecule has 0 saturated carbocycles. The largest absolute Gasteiger partial charge is 0.438 e. The number of halogens is 1. The van der Waals surface area contributed by atoms with Crippen molar-refractivity contribution in [2.75, 3.05) is 6.26 Å². The Morgan fingerprint density at radius 3 is 2.33 bits per heavy atom. The fourth-order valence-electron chi connectivity index (χ4n) is 2.51. The van der Waals surface area contributed by atoms with Crippen LogP contribution in [-0.4, -0.2) is 25.6 Å². The van der Waals surface area contributed by atoms with E-state index in [2.05, 4.69) is 10.3 Å². The van der Waals surface area contributed by atoms with Crippen LogP contribution < -0.4 is 5.32 Å². The first kappa shape index (κ1) is 19.1. The van der Waals surface area contributed by atoms with Gasteiger partial charge >= 0.3 is 0 Å². The number of amides is 1. The molecule has 140 valence electrons. The lowest BCUT2D eigenvalue weighted by Crippen LogP contribution is -2.23. The van der Waals surface area contributed by atoms with Crippen molar-refractivity contribution >= 4 is 27.3 Å². The minimum Gasteiger partial charge on any atom is -0.438 e. The van der Waals surface area contributed by atoms with Crippen LogP contribution in [0.4, 0.5) is 0 Å². The van der Waals surface area contributed by atoms with Crippen LogP contribution in [0.1, 0.15) is 21.9 Å². The van der Waals surface area contributed by atoms with Crippen molar-refractivity contribution in [3.05, 3.63) is 70.7 Å². The van der Waals surface area contributed by atoms with Crippen LogP contribution in [0.5, 0.6) is 0 Å². The number of aryl methyl sites for hydroxylation is 1. The normalized spacial score (nSPS) is 11.4. The summed E-state index contributed by atoms with van der Waals surface area (Å²) in [4.78, 5) is 16.7. The number of nitrogens with zero attached hydrogens (tertiary/aromatic N) is 1. The zero-order chi connectivity index (χ0) is 19.6. The van der Waals surface area contributed by atoms with Gasteiger partial charge in [0.2, 0.25) is 5.89 Å². The second kappa shape index (κ2) is 7.54. The molecule has 0 spiro atoms. The average Bonchev–Trinajstić information content (AvgIpc) is 3.00. The fraction of sp³-hybridized carbons (Fsp3) is 0.158. The van der Waals surface area contributed by atoms with E-state index in [0.29, 0.717) is 27.9 Å². The van der Waals surface area contributed by atoms with Gasteiger partial charge in [-0.1, -0.05) is 11.6 Å². The number of sulfone groups is 1. The van der Waals surface area contributed by atoms with Crippen molar-refractivity contribution in [2.24, 2.45) is 0 Å². The third kappa shape index (κ3) is 4.56. The van der Waals surface area contributed by atoms with Crippen LogP contribution >= 0.6 is 11.6 Å². The molecule has 1 amide bonds. The Balaban J connectivity index is 1.69. The molecule has 6 nitrogen and oxygen atoms in total. The number of hydrogen-bond acceptors (Lipinski definition) is 5. The first-order chi connectivity index (χ1) is 12.7. The van der Waals surface area contributed by atoms with Gasteiger partial charge in [0.15, 0.2) is 15.6 Å². The maximum Gasteiger partial charge on any atom is 0.251 e. The monoisotopic (exact) mass is 404 g/mol. The van der Waals surface area contributed by atoms with Crippen molar-refractivity contribution in [1.82, 2.24) is 10.3 Å². The molecule has 0 saturated heterocycles. The second-order valence-corrected chi connectivity index (χ2v) is 8.46. The van der Waals surface area contributed by atoms with E-state index in [9.17, 15) is 13.2 Å². The topological polar surface area (TPSA) is 89.3 Å². The summed E-state index contributed by atoms with van der Waals surface area (Å²) in [6.07, 6.45) is 1.12. The smallest absolute Gasteiger partial charge is 0.251 e. The maximum atomic E-state index is 12.2. The molecule has 1 heterocycles. The molecule has 0 aliphatic rings. The summed E-state index contributed by atoms with van der Waals surface area (Å²) < 4.78 is 28.7. The van der Waals surface area contributed by atoms with Gasteiger partial charge in [-0.15, -0.1) is 0 Å². The lowest BCUT2D eigenvalue weighted by Gasteiger charge is -2.04. The van der Waals surface area contributed by atoms with Gasteiger partial charge in [-0.3, -0.25) is 4.79 Å². The highest BCUT2D eigenvalue weighted by Gasteiger charge is 2.14. The zero-order valence-corrected chi connectivity index (χ0v) is 16.3. The van der Waals surface area contributed by atoms with Crippen molar-refractivity contribution in [2.45, 2.75) is 18.4 Å². The van der Waals surface area contributed by atoms with Crippen molar-refractivity contribution < 1.29 is 17.6 Å². The van der Waals surface area contributed by atoms with Crippen LogP contribution in [0.15, 0.2) is 57.8 Å².